The molecule has 0 saturated heterocycles. The van der Waals surface area contributed by atoms with Crippen LogP contribution in [0.1, 0.15) is 303 Å². The third kappa shape index (κ3) is 59.3. The fraction of sp³-hybridized carbons (Fsp3) is 0.746. The van der Waals surface area contributed by atoms with Gasteiger partial charge in [-0.25, -0.2) is 0 Å². The number of hydrogen-bond acceptors (Lipinski definition) is 6. The highest BCUT2D eigenvalue weighted by molar-refractivity contribution is 5.71. The normalized spacial score (nSPS) is 12.6. The maximum atomic E-state index is 12.8. The minimum atomic E-state index is -0.782. The highest BCUT2D eigenvalue weighted by Gasteiger charge is 2.19. The molecule has 73 heavy (non-hydrogen) atoms. The van der Waals surface area contributed by atoms with E-state index < -0.39 is 6.10 Å². The zero-order valence-corrected chi connectivity index (χ0v) is 48.1. The Morgan fingerprint density at radius 2 is 0.534 bits per heavy atom. The molecule has 0 rings (SSSR count). The molecule has 0 aromatic carbocycles. The van der Waals surface area contributed by atoms with Gasteiger partial charge < -0.3 is 14.2 Å². The minimum absolute atomic E-state index is 0.0801. The molecule has 0 aliphatic carbocycles. The van der Waals surface area contributed by atoms with E-state index in [1.165, 1.54) is 154 Å². The van der Waals surface area contributed by atoms with E-state index in [0.29, 0.717) is 19.3 Å². The van der Waals surface area contributed by atoms with Crippen LogP contribution in [0.25, 0.3) is 0 Å². The molecule has 0 bridgehead atoms. The molecule has 6 heteroatoms. The molecular weight excluding hydrogens is 901 g/mol. The number of hydrogen-bond donors (Lipinski definition) is 0. The minimum Gasteiger partial charge on any atom is -0.462 e. The lowest BCUT2D eigenvalue weighted by molar-refractivity contribution is -0.167. The van der Waals surface area contributed by atoms with Crippen LogP contribution in [0.2, 0.25) is 0 Å². The van der Waals surface area contributed by atoms with E-state index >= 15 is 0 Å². The molecule has 0 fully saturated rings. The summed E-state index contributed by atoms with van der Waals surface area (Å²) in [5.41, 5.74) is 0. The van der Waals surface area contributed by atoms with Crippen molar-refractivity contribution in [3.05, 3.63) is 85.1 Å². The number of esters is 3. The van der Waals surface area contributed by atoms with Crippen LogP contribution in [0, 0.1) is 0 Å². The van der Waals surface area contributed by atoms with Crippen molar-refractivity contribution in [1.29, 1.82) is 0 Å². The summed E-state index contributed by atoms with van der Waals surface area (Å²) >= 11 is 0. The quantitative estimate of drug-likeness (QED) is 0.0261. The van der Waals surface area contributed by atoms with Gasteiger partial charge in [-0.05, 0) is 116 Å². The second-order valence-electron chi connectivity index (χ2n) is 20.6. The van der Waals surface area contributed by atoms with Gasteiger partial charge in [0.25, 0.3) is 0 Å². The van der Waals surface area contributed by atoms with Crippen molar-refractivity contribution in [3.8, 4) is 0 Å². The number of carbonyl (C=O) groups is 3. The number of unbranched alkanes of at least 4 members (excludes halogenated alkanes) is 31. The third-order valence-electron chi connectivity index (χ3n) is 13.4. The van der Waals surface area contributed by atoms with E-state index in [-0.39, 0.29) is 31.1 Å². The van der Waals surface area contributed by atoms with Crippen molar-refractivity contribution in [2.24, 2.45) is 0 Å². The summed E-state index contributed by atoms with van der Waals surface area (Å²) in [4.78, 5) is 38.1. The smallest absolute Gasteiger partial charge is 0.306 e. The maximum Gasteiger partial charge on any atom is 0.306 e. The molecule has 0 heterocycles. The van der Waals surface area contributed by atoms with Crippen LogP contribution in [-0.2, 0) is 28.6 Å². The molecular formula is C67H116O6. The fourth-order valence-corrected chi connectivity index (χ4v) is 8.69. The van der Waals surface area contributed by atoms with Gasteiger partial charge in [0.1, 0.15) is 13.2 Å². The largest absolute Gasteiger partial charge is 0.462 e. The first-order valence-corrected chi connectivity index (χ1v) is 31.1. The van der Waals surface area contributed by atoms with E-state index in [2.05, 4.69) is 106 Å². The predicted octanol–water partition coefficient (Wildman–Crippen LogP) is 21.1. The highest BCUT2D eigenvalue weighted by atomic mass is 16.6. The summed E-state index contributed by atoms with van der Waals surface area (Å²) in [6.45, 7) is 6.48. The van der Waals surface area contributed by atoms with Crippen LogP contribution in [-0.4, -0.2) is 37.2 Å². The van der Waals surface area contributed by atoms with E-state index in [1.807, 2.05) is 0 Å². The first kappa shape index (κ1) is 69.6. The van der Waals surface area contributed by atoms with Crippen molar-refractivity contribution in [1.82, 2.24) is 0 Å². The molecule has 0 aromatic heterocycles. The monoisotopic (exact) mass is 1020 g/mol. The maximum absolute atomic E-state index is 12.8. The zero-order valence-electron chi connectivity index (χ0n) is 48.1. The molecule has 6 nitrogen and oxygen atoms in total. The molecule has 0 saturated carbocycles. The van der Waals surface area contributed by atoms with Crippen LogP contribution in [0.3, 0.4) is 0 Å². The molecule has 0 amide bonds. The van der Waals surface area contributed by atoms with E-state index in [1.54, 1.807) is 0 Å². The molecule has 0 N–H and O–H groups in total. The fourth-order valence-electron chi connectivity index (χ4n) is 8.69. The standard InChI is InChI=1S/C67H116O6/c1-4-7-10-13-16-19-22-25-26-27-28-29-30-31-32-33-34-35-36-37-38-39-40-41-42-43-46-48-51-54-57-60-66(69)72-63-64(73-67(70)61-58-55-52-49-45-24-21-18-15-12-9-6-3)62-71-65(68)59-56-53-50-47-44-23-20-17-14-11-8-5-2/h7,10,16-21,25-26,28-29,31-32,64H,4-6,8-9,11-15,22-24,27,30,33-63H2,1-3H3/b10-7-,19-16-,20-17-,21-18-,26-25-,29-28-,32-31-. The van der Waals surface area contributed by atoms with E-state index in [0.717, 1.165) is 109 Å². The van der Waals surface area contributed by atoms with E-state index in [4.69, 9.17) is 14.2 Å². The van der Waals surface area contributed by atoms with Gasteiger partial charge >= 0.3 is 17.9 Å². The summed E-state index contributed by atoms with van der Waals surface area (Å²) < 4.78 is 16.8. The highest BCUT2D eigenvalue weighted by Crippen LogP contribution is 2.16. The van der Waals surface area contributed by atoms with Crippen molar-refractivity contribution < 1.29 is 28.6 Å². The SMILES string of the molecule is CC/C=C\C/C=C\C/C=C\C/C=C\C/C=C\CCCCCCCCCCCCCCCCCC(=O)OCC(COC(=O)CCCCCCC/C=C\CCCCC)OC(=O)CCCCCCC/C=C\CCCCC. The number of rotatable bonds is 56. The molecule has 0 aromatic rings. The molecule has 0 aliphatic heterocycles. The van der Waals surface area contributed by atoms with Crippen LogP contribution in [0.5, 0.6) is 0 Å². The van der Waals surface area contributed by atoms with Gasteiger partial charge in [-0.15, -0.1) is 0 Å². The number of allylic oxidation sites excluding steroid dienone is 14. The first-order chi connectivity index (χ1) is 36.0. The average molecular weight is 1020 g/mol. The second-order valence-corrected chi connectivity index (χ2v) is 20.6. The topological polar surface area (TPSA) is 78.9 Å². The van der Waals surface area contributed by atoms with E-state index in [9.17, 15) is 14.4 Å². The van der Waals surface area contributed by atoms with Crippen LogP contribution in [0.4, 0.5) is 0 Å². The molecule has 0 aliphatic rings. The summed E-state index contributed by atoms with van der Waals surface area (Å²) in [6, 6.07) is 0. The molecule has 1 atom stereocenters. The molecule has 0 radical (unpaired) electrons. The van der Waals surface area contributed by atoms with Crippen molar-refractivity contribution in [3.63, 3.8) is 0 Å². The zero-order chi connectivity index (χ0) is 52.9. The second kappa shape index (κ2) is 61.1. The Bertz CT molecular complexity index is 1400. The first-order valence-electron chi connectivity index (χ1n) is 31.1. The van der Waals surface area contributed by atoms with Gasteiger partial charge in [-0.3, -0.25) is 14.4 Å². The van der Waals surface area contributed by atoms with Gasteiger partial charge in [0.15, 0.2) is 6.10 Å². The Balaban J connectivity index is 4.13. The number of ether oxygens (including phenoxy) is 3. The van der Waals surface area contributed by atoms with Gasteiger partial charge in [-0.2, -0.15) is 0 Å². The van der Waals surface area contributed by atoms with Crippen molar-refractivity contribution in [2.45, 2.75) is 309 Å². The Morgan fingerprint density at radius 3 is 0.849 bits per heavy atom. The molecule has 420 valence electrons. The molecule has 1 unspecified atom stereocenters. The Kier molecular flexibility index (Phi) is 58.3. The van der Waals surface area contributed by atoms with Gasteiger partial charge in [-0.1, -0.05) is 254 Å². The van der Waals surface area contributed by atoms with Gasteiger partial charge in [0.05, 0.1) is 0 Å². The lowest BCUT2D eigenvalue weighted by Crippen LogP contribution is -2.30. The Labute approximate surface area is 452 Å². The van der Waals surface area contributed by atoms with Crippen LogP contribution in [0.15, 0.2) is 85.1 Å². The van der Waals surface area contributed by atoms with Gasteiger partial charge in [0.2, 0.25) is 0 Å². The predicted molar refractivity (Wildman–Crippen MR) is 316 cm³/mol. The lowest BCUT2D eigenvalue weighted by Gasteiger charge is -2.18. The average Bonchev–Trinajstić information content (AvgIpc) is 3.39. The summed E-state index contributed by atoms with van der Waals surface area (Å²) in [5, 5.41) is 0. The number of carbonyl (C=O) groups excluding carboxylic acids is 3. The van der Waals surface area contributed by atoms with Gasteiger partial charge in [0, 0.05) is 19.3 Å². The van der Waals surface area contributed by atoms with Crippen molar-refractivity contribution >= 4 is 17.9 Å². The summed E-state index contributed by atoms with van der Waals surface area (Å²) in [5.74, 6) is -0.891. The Morgan fingerprint density at radius 1 is 0.288 bits per heavy atom. The van der Waals surface area contributed by atoms with Crippen molar-refractivity contribution in [2.75, 3.05) is 13.2 Å². The summed E-state index contributed by atoms with van der Waals surface area (Å²) in [6.07, 6.45) is 80.3. The van der Waals surface area contributed by atoms with Crippen LogP contribution < -0.4 is 0 Å². The summed E-state index contributed by atoms with van der Waals surface area (Å²) in [7, 11) is 0. The lowest BCUT2D eigenvalue weighted by atomic mass is 10.0. The third-order valence-corrected chi connectivity index (χ3v) is 13.4. The Hall–Kier alpha value is -3.41. The molecule has 0 spiro atoms. The van der Waals surface area contributed by atoms with Crippen LogP contribution >= 0.6 is 0 Å².